The molecule has 0 aliphatic heterocycles. The molecule has 6 rings (SSSR count). The van der Waals surface area contributed by atoms with Gasteiger partial charge < -0.3 is 4.42 Å². The van der Waals surface area contributed by atoms with E-state index in [-0.39, 0.29) is 0 Å². The Morgan fingerprint density at radius 1 is 0.844 bits per heavy atom. The summed E-state index contributed by atoms with van der Waals surface area (Å²) < 4.78 is 8.62. The molecule has 32 heavy (non-hydrogen) atoms. The molecule has 0 N–H and O–H groups in total. The molecule has 6 aromatic rings. The predicted molar refractivity (Wildman–Crippen MR) is 132 cm³/mol. The first-order valence-electron chi connectivity index (χ1n) is 10.7. The molecular formula is C26H22N4OSi. The van der Waals surface area contributed by atoms with Crippen LogP contribution in [0.4, 0.5) is 0 Å². The first kappa shape index (κ1) is 19.0. The van der Waals surface area contributed by atoms with Crippen LogP contribution in [0.25, 0.3) is 50.2 Å². The van der Waals surface area contributed by atoms with E-state index >= 15 is 0 Å². The first-order valence-corrected chi connectivity index (χ1v) is 14.2. The number of aromatic nitrogens is 4. The van der Waals surface area contributed by atoms with Crippen molar-refractivity contribution in [3.63, 3.8) is 0 Å². The van der Waals surface area contributed by atoms with Crippen LogP contribution in [0.1, 0.15) is 0 Å². The van der Waals surface area contributed by atoms with E-state index < -0.39 is 8.07 Å². The van der Waals surface area contributed by atoms with Crippen LogP contribution in [0.3, 0.4) is 0 Å². The lowest BCUT2D eigenvalue weighted by Crippen LogP contribution is -2.37. The third-order valence-electron chi connectivity index (χ3n) is 5.97. The van der Waals surface area contributed by atoms with Crippen molar-refractivity contribution in [1.29, 1.82) is 0 Å². The molecule has 0 fully saturated rings. The van der Waals surface area contributed by atoms with Gasteiger partial charge in [-0.05, 0) is 30.3 Å². The van der Waals surface area contributed by atoms with Gasteiger partial charge in [0.05, 0.1) is 25.4 Å². The van der Waals surface area contributed by atoms with E-state index in [0.717, 1.165) is 44.5 Å². The molecule has 0 saturated heterocycles. The molecule has 0 atom stereocenters. The Balaban J connectivity index is 1.67. The highest BCUT2D eigenvalue weighted by Crippen LogP contribution is 2.37. The van der Waals surface area contributed by atoms with Crippen molar-refractivity contribution in [2.75, 3.05) is 0 Å². The molecule has 0 saturated carbocycles. The Labute approximate surface area is 186 Å². The molecule has 0 spiro atoms. The number of benzene rings is 3. The molecule has 0 aliphatic carbocycles. The lowest BCUT2D eigenvalue weighted by atomic mass is 10.1. The van der Waals surface area contributed by atoms with Crippen LogP contribution in [-0.4, -0.2) is 27.8 Å². The second-order valence-electron chi connectivity index (χ2n) is 9.09. The minimum atomic E-state index is -1.44. The van der Waals surface area contributed by atoms with Gasteiger partial charge in [-0.3, -0.25) is 4.57 Å². The molecule has 0 radical (unpaired) electrons. The fourth-order valence-electron chi connectivity index (χ4n) is 4.30. The minimum Gasteiger partial charge on any atom is -0.455 e. The summed E-state index contributed by atoms with van der Waals surface area (Å²) in [6, 6.07) is 25.1. The van der Waals surface area contributed by atoms with Crippen LogP contribution >= 0.6 is 0 Å². The first-order chi connectivity index (χ1) is 15.5. The second-order valence-corrected chi connectivity index (χ2v) is 14.2. The van der Waals surface area contributed by atoms with Gasteiger partial charge in [-0.15, -0.1) is 5.10 Å². The Morgan fingerprint density at radius 2 is 1.69 bits per heavy atom. The fraction of sp³-hybridized carbons (Fsp3) is 0.115. The fourth-order valence-corrected chi connectivity index (χ4v) is 5.44. The lowest BCUT2D eigenvalue weighted by Gasteiger charge is -2.15. The van der Waals surface area contributed by atoms with E-state index in [9.17, 15) is 0 Å². The zero-order valence-corrected chi connectivity index (χ0v) is 19.2. The zero-order chi connectivity index (χ0) is 21.9. The Bertz CT molecular complexity index is 1610. The number of hydrogen-bond donors (Lipinski definition) is 0. The van der Waals surface area contributed by atoms with Gasteiger partial charge >= 0.3 is 0 Å². The molecule has 3 heterocycles. The van der Waals surface area contributed by atoms with Crippen LogP contribution < -0.4 is 5.19 Å². The van der Waals surface area contributed by atoms with Crippen molar-refractivity contribution in [3.8, 4) is 17.1 Å². The molecule has 0 aliphatic rings. The van der Waals surface area contributed by atoms with Gasteiger partial charge in [-0.2, -0.15) is 5.10 Å². The SMILES string of the molecule is C[Si](C)(C)c1ccc2c(c1)oc1c(-c3nc4nnccc4n3-c3ccccc3)cccc12. The standard InChI is InChI=1S/C26H22N4OSi/c1-32(2,3)18-12-13-19-20-10-7-11-21(24(20)31-23(19)16-18)26-28-25-22(14-15-27-29-25)30(26)17-8-5-4-6-9-17/h4-16H,1-3H3. The highest BCUT2D eigenvalue weighted by molar-refractivity contribution is 6.88. The number of fused-ring (bicyclic) bond motifs is 4. The molecule has 0 amide bonds. The summed E-state index contributed by atoms with van der Waals surface area (Å²) in [6.45, 7) is 7.06. The highest BCUT2D eigenvalue weighted by atomic mass is 28.3. The van der Waals surface area contributed by atoms with E-state index in [1.165, 1.54) is 5.19 Å². The quantitative estimate of drug-likeness (QED) is 0.324. The van der Waals surface area contributed by atoms with Gasteiger partial charge in [0.25, 0.3) is 0 Å². The van der Waals surface area contributed by atoms with Crippen LogP contribution in [-0.2, 0) is 0 Å². The topological polar surface area (TPSA) is 56.7 Å². The summed E-state index contributed by atoms with van der Waals surface area (Å²) in [4.78, 5) is 4.87. The molecule has 0 bridgehead atoms. The molecule has 5 nitrogen and oxygen atoms in total. The molecule has 156 valence electrons. The third-order valence-corrected chi connectivity index (χ3v) is 8.01. The Kier molecular flexibility index (Phi) is 4.07. The summed E-state index contributed by atoms with van der Waals surface area (Å²) in [7, 11) is -1.44. The maximum absolute atomic E-state index is 6.49. The van der Waals surface area contributed by atoms with Crippen molar-refractivity contribution in [2.45, 2.75) is 19.6 Å². The summed E-state index contributed by atoms with van der Waals surface area (Å²) in [6.07, 6.45) is 1.70. The van der Waals surface area contributed by atoms with E-state index in [1.807, 2.05) is 24.3 Å². The van der Waals surface area contributed by atoms with Gasteiger partial charge in [0.2, 0.25) is 5.65 Å². The van der Waals surface area contributed by atoms with E-state index in [4.69, 9.17) is 9.40 Å². The largest absolute Gasteiger partial charge is 0.455 e. The average molecular weight is 435 g/mol. The summed E-state index contributed by atoms with van der Waals surface area (Å²) >= 11 is 0. The highest BCUT2D eigenvalue weighted by Gasteiger charge is 2.22. The average Bonchev–Trinajstić information content (AvgIpc) is 3.37. The summed E-state index contributed by atoms with van der Waals surface area (Å²) in [5, 5.41) is 11.9. The lowest BCUT2D eigenvalue weighted by molar-refractivity contribution is 0.669. The molecule has 6 heteroatoms. The van der Waals surface area contributed by atoms with Gasteiger partial charge in [0.1, 0.15) is 11.2 Å². The number of nitrogens with zero attached hydrogens (tertiary/aromatic N) is 4. The van der Waals surface area contributed by atoms with Gasteiger partial charge in [-0.25, -0.2) is 4.98 Å². The normalized spacial score (nSPS) is 12.2. The van der Waals surface area contributed by atoms with Gasteiger partial charge in [0, 0.05) is 16.5 Å². The van der Waals surface area contributed by atoms with Gasteiger partial charge in [0.15, 0.2) is 5.82 Å². The van der Waals surface area contributed by atoms with Gasteiger partial charge in [-0.1, -0.05) is 67.3 Å². The van der Waals surface area contributed by atoms with Crippen LogP contribution in [0, 0.1) is 0 Å². The Hall–Kier alpha value is -3.77. The van der Waals surface area contributed by atoms with E-state index in [0.29, 0.717) is 5.65 Å². The predicted octanol–water partition coefficient (Wildman–Crippen LogP) is 5.93. The number of imidazole rings is 1. The van der Waals surface area contributed by atoms with Crippen molar-refractivity contribution in [1.82, 2.24) is 19.7 Å². The number of hydrogen-bond acceptors (Lipinski definition) is 4. The number of para-hydroxylation sites is 2. The third kappa shape index (κ3) is 2.87. The Morgan fingerprint density at radius 3 is 2.50 bits per heavy atom. The number of rotatable bonds is 3. The monoisotopic (exact) mass is 434 g/mol. The summed E-state index contributed by atoms with van der Waals surface area (Å²) in [5.74, 6) is 0.793. The van der Waals surface area contributed by atoms with Crippen molar-refractivity contribution >= 4 is 46.4 Å². The van der Waals surface area contributed by atoms with E-state index in [2.05, 4.69) is 82.9 Å². The van der Waals surface area contributed by atoms with Crippen molar-refractivity contribution in [2.24, 2.45) is 0 Å². The minimum absolute atomic E-state index is 0.612. The van der Waals surface area contributed by atoms with Crippen LogP contribution in [0.15, 0.2) is 83.4 Å². The van der Waals surface area contributed by atoms with Crippen molar-refractivity contribution in [3.05, 3.63) is 79.0 Å². The number of furan rings is 1. The van der Waals surface area contributed by atoms with Crippen LogP contribution in [0.2, 0.25) is 19.6 Å². The molecule has 3 aromatic heterocycles. The van der Waals surface area contributed by atoms with Crippen LogP contribution in [0.5, 0.6) is 0 Å². The molecular weight excluding hydrogens is 412 g/mol. The van der Waals surface area contributed by atoms with Crippen molar-refractivity contribution < 1.29 is 4.42 Å². The van der Waals surface area contributed by atoms with E-state index in [1.54, 1.807) is 6.20 Å². The molecule has 0 unspecified atom stereocenters. The maximum atomic E-state index is 6.49. The zero-order valence-electron chi connectivity index (χ0n) is 18.2. The molecule has 3 aromatic carbocycles. The second kappa shape index (κ2) is 6.87. The maximum Gasteiger partial charge on any atom is 0.200 e. The smallest absolute Gasteiger partial charge is 0.200 e. The summed E-state index contributed by atoms with van der Waals surface area (Å²) in [5.41, 5.74) is 5.25.